The SMILES string of the molecule is CCOc1ccc(NS(=O)(=O)c2ccc(OCC(=O)NC3CCCCCC3)c(Cl)c2)cc1. The third-order valence-corrected chi connectivity index (χ3v) is 6.88. The molecule has 2 aromatic carbocycles. The van der Waals surface area contributed by atoms with Gasteiger partial charge < -0.3 is 14.8 Å². The Balaban J connectivity index is 1.57. The van der Waals surface area contributed by atoms with Crippen molar-refractivity contribution in [2.45, 2.75) is 56.4 Å². The van der Waals surface area contributed by atoms with E-state index in [1.54, 1.807) is 24.3 Å². The molecule has 0 bridgehead atoms. The van der Waals surface area contributed by atoms with E-state index < -0.39 is 10.0 Å². The number of carbonyl (C=O) groups is 1. The molecule has 0 aromatic heterocycles. The summed E-state index contributed by atoms with van der Waals surface area (Å²) in [5.74, 6) is 0.701. The molecule has 1 saturated carbocycles. The lowest BCUT2D eigenvalue weighted by atomic mass is 10.1. The summed E-state index contributed by atoms with van der Waals surface area (Å²) in [7, 11) is -3.84. The molecular weight excluding hydrogens is 452 g/mol. The smallest absolute Gasteiger partial charge is 0.261 e. The van der Waals surface area contributed by atoms with Gasteiger partial charge in [0.2, 0.25) is 0 Å². The number of ether oxygens (including phenoxy) is 2. The molecule has 0 spiro atoms. The summed E-state index contributed by atoms with van der Waals surface area (Å²) in [5.41, 5.74) is 0.403. The van der Waals surface area contributed by atoms with Gasteiger partial charge in [-0.3, -0.25) is 9.52 Å². The van der Waals surface area contributed by atoms with Crippen molar-refractivity contribution < 1.29 is 22.7 Å². The van der Waals surface area contributed by atoms with Crippen LogP contribution in [-0.4, -0.2) is 33.6 Å². The number of anilines is 1. The van der Waals surface area contributed by atoms with Crippen LogP contribution in [0.2, 0.25) is 5.02 Å². The van der Waals surface area contributed by atoms with Crippen LogP contribution in [0.3, 0.4) is 0 Å². The fourth-order valence-corrected chi connectivity index (χ4v) is 4.99. The van der Waals surface area contributed by atoms with Gasteiger partial charge in [0.15, 0.2) is 6.61 Å². The Morgan fingerprint density at radius 2 is 1.72 bits per heavy atom. The van der Waals surface area contributed by atoms with Gasteiger partial charge in [-0.15, -0.1) is 0 Å². The van der Waals surface area contributed by atoms with E-state index in [2.05, 4.69) is 10.0 Å². The Bertz CT molecular complexity index is 1000. The van der Waals surface area contributed by atoms with E-state index in [9.17, 15) is 13.2 Å². The molecule has 0 atom stereocenters. The zero-order valence-electron chi connectivity index (χ0n) is 18.1. The number of sulfonamides is 1. The highest BCUT2D eigenvalue weighted by Gasteiger charge is 2.18. The standard InChI is InChI=1S/C23H29ClN2O5S/c1-2-30-19-11-9-18(10-12-19)26-32(28,29)20-13-14-22(21(24)15-20)31-16-23(27)25-17-7-5-3-4-6-8-17/h9-15,17,26H,2-8,16H2,1H3,(H,25,27). The van der Waals surface area contributed by atoms with E-state index in [0.29, 0.717) is 18.0 Å². The van der Waals surface area contributed by atoms with Gasteiger partial charge in [0, 0.05) is 11.7 Å². The fraction of sp³-hybridized carbons (Fsp3) is 0.435. The van der Waals surface area contributed by atoms with E-state index in [4.69, 9.17) is 21.1 Å². The molecule has 2 aromatic rings. The molecule has 0 unspecified atom stereocenters. The van der Waals surface area contributed by atoms with E-state index in [1.165, 1.54) is 31.0 Å². The van der Waals surface area contributed by atoms with Crippen LogP contribution in [0.4, 0.5) is 5.69 Å². The molecule has 1 aliphatic rings. The number of nitrogens with one attached hydrogen (secondary N) is 2. The zero-order valence-corrected chi connectivity index (χ0v) is 19.7. The minimum Gasteiger partial charge on any atom is -0.494 e. The van der Waals surface area contributed by atoms with E-state index in [1.807, 2.05) is 6.92 Å². The lowest BCUT2D eigenvalue weighted by molar-refractivity contribution is -0.123. The Hall–Kier alpha value is -2.45. The molecule has 2 N–H and O–H groups in total. The highest BCUT2D eigenvalue weighted by molar-refractivity contribution is 7.92. The first kappa shape index (κ1) is 24.2. The van der Waals surface area contributed by atoms with Crippen molar-refractivity contribution in [3.05, 3.63) is 47.5 Å². The number of hydrogen-bond acceptors (Lipinski definition) is 5. The van der Waals surface area contributed by atoms with Crippen molar-refractivity contribution in [3.63, 3.8) is 0 Å². The quantitative estimate of drug-likeness (QED) is 0.505. The van der Waals surface area contributed by atoms with Gasteiger partial charge in [-0.2, -0.15) is 0 Å². The van der Waals surface area contributed by atoms with E-state index in [-0.39, 0.29) is 34.2 Å². The second-order valence-corrected chi connectivity index (χ2v) is 9.79. The summed E-state index contributed by atoms with van der Waals surface area (Å²) in [6, 6.07) is 10.9. The molecule has 174 valence electrons. The van der Waals surface area contributed by atoms with Gasteiger partial charge in [0.1, 0.15) is 11.5 Å². The summed E-state index contributed by atoms with van der Waals surface area (Å²) in [6.45, 7) is 2.23. The van der Waals surface area contributed by atoms with Crippen molar-refractivity contribution in [1.29, 1.82) is 0 Å². The number of rotatable bonds is 9. The maximum Gasteiger partial charge on any atom is 0.261 e. The molecule has 1 amide bonds. The highest BCUT2D eigenvalue weighted by atomic mass is 35.5. The Labute approximate surface area is 194 Å². The molecule has 1 fully saturated rings. The molecule has 0 saturated heterocycles. The van der Waals surface area contributed by atoms with Crippen LogP contribution in [-0.2, 0) is 14.8 Å². The highest BCUT2D eigenvalue weighted by Crippen LogP contribution is 2.28. The molecule has 0 radical (unpaired) electrons. The maximum absolute atomic E-state index is 12.7. The van der Waals surface area contributed by atoms with Crippen molar-refractivity contribution in [1.82, 2.24) is 5.32 Å². The molecule has 3 rings (SSSR count). The third kappa shape index (κ3) is 7.03. The first-order valence-corrected chi connectivity index (χ1v) is 12.7. The summed E-state index contributed by atoms with van der Waals surface area (Å²) < 4.78 is 38.8. The molecule has 9 heteroatoms. The molecular formula is C23H29ClN2O5S. The number of halogens is 1. The van der Waals surface area contributed by atoms with Crippen molar-refractivity contribution >= 4 is 33.2 Å². The number of carbonyl (C=O) groups excluding carboxylic acids is 1. The van der Waals surface area contributed by atoms with Crippen LogP contribution < -0.4 is 19.5 Å². The Morgan fingerprint density at radius 3 is 2.34 bits per heavy atom. The molecule has 7 nitrogen and oxygen atoms in total. The molecule has 0 aliphatic heterocycles. The van der Waals surface area contributed by atoms with Crippen LogP contribution in [0.25, 0.3) is 0 Å². The fourth-order valence-electron chi connectivity index (χ4n) is 3.60. The van der Waals surface area contributed by atoms with Gasteiger partial charge in [-0.05, 0) is 62.2 Å². The second-order valence-electron chi connectivity index (χ2n) is 7.70. The van der Waals surface area contributed by atoms with E-state index >= 15 is 0 Å². The topological polar surface area (TPSA) is 93.7 Å². The monoisotopic (exact) mass is 480 g/mol. The van der Waals surface area contributed by atoms with Crippen molar-refractivity contribution in [3.8, 4) is 11.5 Å². The van der Waals surface area contributed by atoms with Gasteiger partial charge in [0.25, 0.3) is 15.9 Å². The van der Waals surface area contributed by atoms with Crippen molar-refractivity contribution in [2.75, 3.05) is 17.9 Å². The molecule has 0 heterocycles. The first-order chi connectivity index (χ1) is 15.4. The predicted octanol–water partition coefficient (Wildman–Crippen LogP) is 4.76. The summed E-state index contributed by atoms with van der Waals surface area (Å²) in [4.78, 5) is 12.2. The number of hydrogen-bond donors (Lipinski definition) is 2. The average molecular weight is 481 g/mol. The van der Waals surface area contributed by atoms with E-state index in [0.717, 1.165) is 25.7 Å². The molecule has 1 aliphatic carbocycles. The van der Waals surface area contributed by atoms with Gasteiger partial charge in [-0.1, -0.05) is 37.3 Å². The second kappa shape index (κ2) is 11.4. The third-order valence-electron chi connectivity index (χ3n) is 5.21. The minimum absolute atomic E-state index is 0.00774. The largest absolute Gasteiger partial charge is 0.494 e. The minimum atomic E-state index is -3.84. The van der Waals surface area contributed by atoms with Crippen LogP contribution in [0.1, 0.15) is 45.4 Å². The summed E-state index contributed by atoms with van der Waals surface area (Å²) in [5, 5.41) is 3.11. The van der Waals surface area contributed by atoms with Crippen LogP contribution in [0, 0.1) is 0 Å². The predicted molar refractivity (Wildman–Crippen MR) is 125 cm³/mol. The lowest BCUT2D eigenvalue weighted by Crippen LogP contribution is -2.37. The van der Waals surface area contributed by atoms with Gasteiger partial charge in [0.05, 0.1) is 16.5 Å². The van der Waals surface area contributed by atoms with Crippen LogP contribution in [0.15, 0.2) is 47.4 Å². The van der Waals surface area contributed by atoms with Gasteiger partial charge in [-0.25, -0.2) is 8.42 Å². The van der Waals surface area contributed by atoms with Crippen LogP contribution in [0.5, 0.6) is 11.5 Å². The van der Waals surface area contributed by atoms with Crippen molar-refractivity contribution in [2.24, 2.45) is 0 Å². The lowest BCUT2D eigenvalue weighted by Gasteiger charge is -2.17. The first-order valence-electron chi connectivity index (χ1n) is 10.8. The average Bonchev–Trinajstić information content (AvgIpc) is 3.03. The molecule has 32 heavy (non-hydrogen) atoms. The van der Waals surface area contributed by atoms with Gasteiger partial charge >= 0.3 is 0 Å². The maximum atomic E-state index is 12.7. The van der Waals surface area contributed by atoms with Crippen LogP contribution >= 0.6 is 11.6 Å². The number of amides is 1. The number of benzene rings is 2. The Kier molecular flexibility index (Phi) is 8.64. The Morgan fingerprint density at radius 1 is 1.03 bits per heavy atom. The summed E-state index contributed by atoms with van der Waals surface area (Å²) in [6.07, 6.45) is 6.64. The summed E-state index contributed by atoms with van der Waals surface area (Å²) >= 11 is 6.23. The normalized spacial score (nSPS) is 14.9. The zero-order chi connectivity index (χ0) is 23.0.